The molecule has 0 atom stereocenters. The first-order valence-electron chi connectivity index (χ1n) is 9.68. The predicted molar refractivity (Wildman–Crippen MR) is 115 cm³/mol. The Morgan fingerprint density at radius 2 is 1.83 bits per heavy atom. The van der Waals surface area contributed by atoms with Crippen molar-refractivity contribution in [2.45, 2.75) is 26.3 Å². The Kier molecular flexibility index (Phi) is 7.05. The molecule has 1 heterocycles. The van der Waals surface area contributed by atoms with Crippen LogP contribution in [-0.4, -0.2) is 22.6 Å². The largest absolute Gasteiger partial charge is 0.478 e. The third-order valence-corrected chi connectivity index (χ3v) is 4.35. The molecule has 3 aromatic rings. The summed E-state index contributed by atoms with van der Waals surface area (Å²) in [6.07, 6.45) is 5.49. The fourth-order valence-electron chi connectivity index (χ4n) is 2.83. The van der Waals surface area contributed by atoms with Gasteiger partial charge in [0, 0.05) is 25.5 Å². The second-order valence-corrected chi connectivity index (χ2v) is 6.62. The topological polar surface area (TPSA) is 83.5 Å². The highest BCUT2D eigenvalue weighted by Crippen LogP contribution is 2.39. The summed E-state index contributed by atoms with van der Waals surface area (Å²) in [5, 5.41) is 16.2. The van der Waals surface area contributed by atoms with E-state index in [0.29, 0.717) is 29.4 Å². The first kappa shape index (κ1) is 20.2. The predicted octanol–water partition coefficient (Wildman–Crippen LogP) is 5.40. The first-order chi connectivity index (χ1) is 14.2. The summed E-state index contributed by atoms with van der Waals surface area (Å²) in [5.41, 5.74) is 2.44. The summed E-state index contributed by atoms with van der Waals surface area (Å²) in [5.74, 6) is 0.263. The molecule has 0 aliphatic heterocycles. The lowest BCUT2D eigenvalue weighted by molar-refractivity contribution is 0.0697. The van der Waals surface area contributed by atoms with Crippen LogP contribution in [0.15, 0.2) is 67.0 Å². The number of aromatic nitrogens is 1. The number of carbonyl (C=O) groups is 1. The highest BCUT2D eigenvalue weighted by atomic mass is 16.5. The van der Waals surface area contributed by atoms with Crippen molar-refractivity contribution in [1.29, 1.82) is 0 Å². The molecule has 0 spiro atoms. The summed E-state index contributed by atoms with van der Waals surface area (Å²) >= 11 is 0. The second kappa shape index (κ2) is 10.1. The minimum Gasteiger partial charge on any atom is -0.478 e. The molecule has 0 saturated carbocycles. The molecule has 0 fully saturated rings. The SMILES string of the molecule is CCCCNc1cc(C(=O)O)cc(NCc2cccnc2)c1Oc1ccccc1. The van der Waals surface area contributed by atoms with Gasteiger partial charge in [-0.15, -0.1) is 0 Å². The van der Waals surface area contributed by atoms with Crippen molar-refractivity contribution in [2.24, 2.45) is 0 Å². The van der Waals surface area contributed by atoms with E-state index in [9.17, 15) is 9.90 Å². The first-order valence-corrected chi connectivity index (χ1v) is 9.68. The number of nitrogens with one attached hydrogen (secondary N) is 2. The number of carboxylic acids is 1. The molecule has 0 aliphatic rings. The lowest BCUT2D eigenvalue weighted by Gasteiger charge is -2.19. The normalized spacial score (nSPS) is 10.4. The van der Waals surface area contributed by atoms with Crippen molar-refractivity contribution in [2.75, 3.05) is 17.2 Å². The maximum Gasteiger partial charge on any atom is 0.335 e. The van der Waals surface area contributed by atoms with E-state index in [4.69, 9.17) is 4.74 Å². The second-order valence-electron chi connectivity index (χ2n) is 6.62. The molecule has 150 valence electrons. The monoisotopic (exact) mass is 391 g/mol. The summed E-state index contributed by atoms with van der Waals surface area (Å²) in [6.45, 7) is 3.33. The van der Waals surface area contributed by atoms with Crippen LogP contribution in [0.5, 0.6) is 11.5 Å². The van der Waals surface area contributed by atoms with Crippen molar-refractivity contribution in [3.05, 3.63) is 78.1 Å². The Morgan fingerprint density at radius 3 is 2.48 bits per heavy atom. The van der Waals surface area contributed by atoms with E-state index in [0.717, 1.165) is 24.9 Å². The summed E-state index contributed by atoms with van der Waals surface area (Å²) < 4.78 is 6.16. The van der Waals surface area contributed by atoms with E-state index in [1.54, 1.807) is 24.5 Å². The average Bonchev–Trinajstić information content (AvgIpc) is 2.75. The van der Waals surface area contributed by atoms with Gasteiger partial charge in [0.05, 0.1) is 16.9 Å². The molecular formula is C23H25N3O3. The van der Waals surface area contributed by atoms with Crippen LogP contribution in [0, 0.1) is 0 Å². The van der Waals surface area contributed by atoms with E-state index in [2.05, 4.69) is 22.5 Å². The number of benzene rings is 2. The van der Waals surface area contributed by atoms with Gasteiger partial charge in [0.15, 0.2) is 5.75 Å². The van der Waals surface area contributed by atoms with Gasteiger partial charge in [-0.05, 0) is 42.3 Å². The molecule has 0 saturated heterocycles. The molecule has 6 nitrogen and oxygen atoms in total. The highest BCUT2D eigenvalue weighted by Gasteiger charge is 2.17. The molecule has 0 bridgehead atoms. The third-order valence-electron chi connectivity index (χ3n) is 4.35. The summed E-state index contributed by atoms with van der Waals surface area (Å²) in [6, 6.07) is 16.5. The molecule has 0 amide bonds. The van der Waals surface area contributed by atoms with Gasteiger partial charge in [-0.3, -0.25) is 4.98 Å². The van der Waals surface area contributed by atoms with Crippen molar-refractivity contribution >= 4 is 17.3 Å². The number of ether oxygens (including phenoxy) is 1. The number of nitrogens with zero attached hydrogens (tertiary/aromatic N) is 1. The van der Waals surface area contributed by atoms with Crippen LogP contribution in [0.2, 0.25) is 0 Å². The van der Waals surface area contributed by atoms with Gasteiger partial charge in [-0.1, -0.05) is 37.6 Å². The minimum atomic E-state index is -0.987. The number of carboxylic acid groups (broad SMARTS) is 1. The molecule has 1 aromatic heterocycles. The molecule has 0 aliphatic carbocycles. The van der Waals surface area contributed by atoms with E-state index < -0.39 is 5.97 Å². The fourth-order valence-corrected chi connectivity index (χ4v) is 2.83. The number of hydrogen-bond acceptors (Lipinski definition) is 5. The maximum absolute atomic E-state index is 11.7. The van der Waals surface area contributed by atoms with E-state index >= 15 is 0 Å². The number of para-hydroxylation sites is 1. The van der Waals surface area contributed by atoms with E-state index in [-0.39, 0.29) is 5.56 Å². The van der Waals surface area contributed by atoms with Crippen molar-refractivity contribution < 1.29 is 14.6 Å². The van der Waals surface area contributed by atoms with E-state index in [1.165, 1.54) is 0 Å². The number of rotatable bonds is 10. The standard InChI is InChI=1S/C23H25N3O3/c1-2-3-12-25-20-13-18(23(27)28)14-21(26-16-17-8-7-11-24-15-17)22(20)29-19-9-5-4-6-10-19/h4-11,13-15,25-26H,2-3,12,16H2,1H3,(H,27,28). The van der Waals surface area contributed by atoms with Crippen LogP contribution in [0.4, 0.5) is 11.4 Å². The minimum absolute atomic E-state index is 0.193. The van der Waals surface area contributed by atoms with Gasteiger partial charge in [0.25, 0.3) is 0 Å². The fraction of sp³-hybridized carbons (Fsp3) is 0.217. The zero-order valence-electron chi connectivity index (χ0n) is 16.4. The number of hydrogen-bond donors (Lipinski definition) is 3. The van der Waals surface area contributed by atoms with Gasteiger partial charge < -0.3 is 20.5 Å². The number of pyridine rings is 1. The molecule has 2 aromatic carbocycles. The smallest absolute Gasteiger partial charge is 0.335 e. The van der Waals surface area contributed by atoms with E-state index in [1.807, 2.05) is 42.5 Å². The van der Waals surface area contributed by atoms with Crippen LogP contribution in [0.25, 0.3) is 0 Å². The Labute approximate surface area is 170 Å². The summed E-state index contributed by atoms with van der Waals surface area (Å²) in [4.78, 5) is 15.8. The van der Waals surface area contributed by atoms with Gasteiger partial charge in [-0.25, -0.2) is 4.79 Å². The number of anilines is 2. The lowest BCUT2D eigenvalue weighted by atomic mass is 10.1. The Hall–Kier alpha value is -3.54. The Balaban J connectivity index is 1.97. The van der Waals surface area contributed by atoms with Gasteiger partial charge in [0.2, 0.25) is 0 Å². The lowest BCUT2D eigenvalue weighted by Crippen LogP contribution is -2.09. The van der Waals surface area contributed by atoms with Crippen LogP contribution in [0.1, 0.15) is 35.7 Å². The van der Waals surface area contributed by atoms with Crippen LogP contribution in [-0.2, 0) is 6.54 Å². The van der Waals surface area contributed by atoms with Gasteiger partial charge in [0.1, 0.15) is 5.75 Å². The maximum atomic E-state index is 11.7. The van der Waals surface area contributed by atoms with Crippen LogP contribution < -0.4 is 15.4 Å². The highest BCUT2D eigenvalue weighted by molar-refractivity contribution is 5.92. The molecule has 6 heteroatoms. The summed E-state index contributed by atoms with van der Waals surface area (Å²) in [7, 11) is 0. The molecule has 3 rings (SSSR count). The number of unbranched alkanes of at least 4 members (excludes halogenated alkanes) is 1. The zero-order valence-corrected chi connectivity index (χ0v) is 16.4. The molecule has 29 heavy (non-hydrogen) atoms. The molecule has 0 radical (unpaired) electrons. The molecule has 3 N–H and O–H groups in total. The van der Waals surface area contributed by atoms with Crippen LogP contribution >= 0.6 is 0 Å². The van der Waals surface area contributed by atoms with Crippen LogP contribution in [0.3, 0.4) is 0 Å². The molecule has 0 unspecified atom stereocenters. The zero-order chi connectivity index (χ0) is 20.5. The van der Waals surface area contributed by atoms with Crippen molar-refractivity contribution in [1.82, 2.24) is 4.98 Å². The van der Waals surface area contributed by atoms with Gasteiger partial charge in [-0.2, -0.15) is 0 Å². The third kappa shape index (κ3) is 5.72. The van der Waals surface area contributed by atoms with Crippen molar-refractivity contribution in [3.8, 4) is 11.5 Å². The quantitative estimate of drug-likeness (QED) is 0.402. The Bertz CT molecular complexity index is 931. The number of aromatic carboxylic acids is 1. The van der Waals surface area contributed by atoms with Crippen molar-refractivity contribution in [3.63, 3.8) is 0 Å². The van der Waals surface area contributed by atoms with Gasteiger partial charge >= 0.3 is 5.97 Å². The molecular weight excluding hydrogens is 366 g/mol. The Morgan fingerprint density at radius 1 is 1.07 bits per heavy atom. The average molecular weight is 391 g/mol.